The van der Waals surface area contributed by atoms with Gasteiger partial charge in [-0.1, -0.05) is 43.7 Å². The Morgan fingerprint density at radius 3 is 2.50 bits per heavy atom. The number of fused-ring (bicyclic) bond motifs is 5. The number of amides is 1. The first-order chi connectivity index (χ1) is 24.6. The number of hydrogen-bond donors (Lipinski definition) is 3. The normalized spacial score (nSPS) is 30.8. The molecule has 2 fully saturated rings. The van der Waals surface area contributed by atoms with Crippen LogP contribution in [0.1, 0.15) is 71.3 Å². The molecule has 15 heteroatoms. The minimum absolute atomic E-state index is 0.00923. The van der Waals surface area contributed by atoms with Crippen molar-refractivity contribution >= 4 is 29.6 Å². The zero-order valence-electron chi connectivity index (χ0n) is 29.5. The fraction of sp³-hybridized carbons (Fsp3) is 0.595. The van der Waals surface area contributed by atoms with E-state index in [4.69, 9.17) is 14.2 Å². The molecule has 282 valence electrons. The van der Waals surface area contributed by atoms with E-state index in [9.17, 15) is 44.3 Å². The number of carbonyl (C=O) groups excluding carboxylic acids is 5. The number of aliphatic hydroxyl groups excluding tert-OH is 1. The van der Waals surface area contributed by atoms with E-state index in [0.717, 1.165) is 5.57 Å². The lowest BCUT2D eigenvalue weighted by molar-refractivity contribution is -0.757. The number of esters is 1. The monoisotopic (exact) mass is 726 g/mol. The maximum Gasteiger partial charge on any atom is 0.514 e. The molecule has 5 rings (SSSR count). The van der Waals surface area contributed by atoms with Crippen molar-refractivity contribution in [3.8, 4) is 5.75 Å². The number of ether oxygens (including phenoxy) is 3. The number of allylic oxidation sites excluding steroid dienone is 4. The van der Waals surface area contributed by atoms with E-state index in [2.05, 4.69) is 23.2 Å². The average molecular weight is 727 g/mol. The van der Waals surface area contributed by atoms with Crippen molar-refractivity contribution in [2.75, 3.05) is 19.8 Å². The van der Waals surface area contributed by atoms with Gasteiger partial charge in [-0.05, 0) is 74.1 Å². The molecule has 0 heterocycles. The van der Waals surface area contributed by atoms with Crippen LogP contribution in [-0.2, 0) is 39.9 Å². The molecule has 0 spiro atoms. The van der Waals surface area contributed by atoms with Crippen LogP contribution in [0.3, 0.4) is 0 Å². The summed E-state index contributed by atoms with van der Waals surface area (Å²) in [4.78, 5) is 77.0. The molecule has 1 amide bonds. The number of aliphatic hydroxyl groups is 2. The summed E-state index contributed by atoms with van der Waals surface area (Å²) in [5, 5.41) is 35.3. The average Bonchev–Trinajstić information content (AvgIpc) is 3.35. The van der Waals surface area contributed by atoms with Crippen molar-refractivity contribution in [2.45, 2.75) is 89.9 Å². The number of hydrogen-bond acceptors (Lipinski definition) is 13. The van der Waals surface area contributed by atoms with Gasteiger partial charge in [0.2, 0.25) is 11.7 Å². The molecule has 0 aliphatic heterocycles. The van der Waals surface area contributed by atoms with Crippen LogP contribution in [0.2, 0.25) is 0 Å². The van der Waals surface area contributed by atoms with Crippen LogP contribution in [0.4, 0.5) is 4.79 Å². The van der Waals surface area contributed by atoms with Crippen molar-refractivity contribution in [1.29, 1.82) is 0 Å². The van der Waals surface area contributed by atoms with Crippen molar-refractivity contribution in [3.05, 3.63) is 63.7 Å². The quantitative estimate of drug-likeness (QED) is 0.0627. The van der Waals surface area contributed by atoms with E-state index in [1.165, 1.54) is 19.1 Å². The molecule has 4 aliphatic carbocycles. The van der Waals surface area contributed by atoms with Crippen molar-refractivity contribution in [2.24, 2.45) is 28.6 Å². The second-order valence-electron chi connectivity index (χ2n) is 14.7. The van der Waals surface area contributed by atoms with Crippen molar-refractivity contribution in [3.63, 3.8) is 0 Å². The highest BCUT2D eigenvalue weighted by atomic mass is 16.9. The summed E-state index contributed by atoms with van der Waals surface area (Å²) in [5.74, 6) is -1.93. The fourth-order valence-corrected chi connectivity index (χ4v) is 9.05. The summed E-state index contributed by atoms with van der Waals surface area (Å²) in [6.45, 7) is 4.26. The SMILES string of the molecule is CC(=O)N[C@@H](Cc1ccc(OC(=O)OCC(=O)[C@@]2(O)CC[C@H]3[C@@H]4CC=C5CC(=O)C=C[C@]5(C)[C@H]4[C@@H](O)C[C@@]32C)cc1)C(=O)OCCCCO[N+](=O)[O-]. The molecule has 0 bridgehead atoms. The fourth-order valence-electron chi connectivity index (χ4n) is 9.05. The Labute approximate surface area is 300 Å². The van der Waals surface area contributed by atoms with Crippen LogP contribution in [-0.4, -0.2) is 82.5 Å². The van der Waals surface area contributed by atoms with E-state index < -0.39 is 64.1 Å². The predicted octanol–water partition coefficient (Wildman–Crippen LogP) is 3.36. The third-order valence-electron chi connectivity index (χ3n) is 11.6. The zero-order valence-corrected chi connectivity index (χ0v) is 29.5. The molecule has 4 aliphatic rings. The molecule has 15 nitrogen and oxygen atoms in total. The van der Waals surface area contributed by atoms with Crippen LogP contribution in [0, 0.1) is 38.7 Å². The highest BCUT2D eigenvalue weighted by Crippen LogP contribution is 2.66. The molecule has 2 saturated carbocycles. The van der Waals surface area contributed by atoms with Crippen LogP contribution in [0.25, 0.3) is 0 Å². The molecular formula is C37H46N2O13. The summed E-state index contributed by atoms with van der Waals surface area (Å²) in [5.41, 5.74) is -1.66. The van der Waals surface area contributed by atoms with Crippen LogP contribution in [0.15, 0.2) is 48.1 Å². The molecule has 0 unspecified atom stereocenters. The lowest BCUT2D eigenvalue weighted by atomic mass is 9.47. The first-order valence-corrected chi connectivity index (χ1v) is 17.6. The number of nitrogens with one attached hydrogen (secondary N) is 1. The van der Waals surface area contributed by atoms with Crippen LogP contribution < -0.4 is 10.1 Å². The third kappa shape index (κ3) is 7.89. The van der Waals surface area contributed by atoms with E-state index >= 15 is 0 Å². The Morgan fingerprint density at radius 2 is 1.81 bits per heavy atom. The zero-order chi connectivity index (χ0) is 37.8. The molecule has 0 aromatic heterocycles. The number of ketones is 2. The first-order valence-electron chi connectivity index (χ1n) is 17.6. The summed E-state index contributed by atoms with van der Waals surface area (Å²) in [6.07, 6.45) is 6.17. The third-order valence-corrected chi connectivity index (χ3v) is 11.6. The first kappa shape index (κ1) is 38.6. The van der Waals surface area contributed by atoms with Gasteiger partial charge >= 0.3 is 12.1 Å². The van der Waals surface area contributed by atoms with Crippen LogP contribution in [0.5, 0.6) is 5.75 Å². The summed E-state index contributed by atoms with van der Waals surface area (Å²) >= 11 is 0. The molecule has 1 aromatic carbocycles. The topological polar surface area (TPSA) is 218 Å². The summed E-state index contributed by atoms with van der Waals surface area (Å²) in [7, 11) is 0. The van der Waals surface area contributed by atoms with E-state index in [1.54, 1.807) is 18.2 Å². The smallest absolute Gasteiger partial charge is 0.464 e. The van der Waals surface area contributed by atoms with Gasteiger partial charge in [-0.3, -0.25) is 14.4 Å². The minimum atomic E-state index is -1.83. The predicted molar refractivity (Wildman–Crippen MR) is 181 cm³/mol. The maximum atomic E-state index is 13.6. The Hall–Kier alpha value is -4.63. The lowest BCUT2D eigenvalue weighted by Gasteiger charge is -2.58. The lowest BCUT2D eigenvalue weighted by Crippen LogP contribution is -2.61. The largest absolute Gasteiger partial charge is 0.514 e. The second kappa shape index (κ2) is 15.5. The maximum absolute atomic E-state index is 13.6. The van der Waals surface area contributed by atoms with Gasteiger partial charge in [-0.15, -0.1) is 10.1 Å². The van der Waals surface area contributed by atoms with Crippen LogP contribution >= 0.6 is 0 Å². The number of Topliss-reactive ketones (excluding diaryl/α,β-unsaturated/α-hetero) is 1. The minimum Gasteiger partial charge on any atom is -0.464 e. The highest BCUT2D eigenvalue weighted by Gasteiger charge is 2.68. The second-order valence-corrected chi connectivity index (χ2v) is 14.7. The number of rotatable bonds is 14. The van der Waals surface area contributed by atoms with Gasteiger partial charge in [0, 0.05) is 36.5 Å². The van der Waals surface area contributed by atoms with E-state index in [-0.39, 0.29) is 61.8 Å². The molecule has 0 radical (unpaired) electrons. The van der Waals surface area contributed by atoms with Gasteiger partial charge in [-0.2, -0.15) is 0 Å². The highest BCUT2D eigenvalue weighted by molar-refractivity contribution is 5.93. The molecule has 8 atom stereocenters. The Balaban J connectivity index is 1.13. The van der Waals surface area contributed by atoms with Gasteiger partial charge < -0.3 is 34.6 Å². The van der Waals surface area contributed by atoms with Gasteiger partial charge in [0.25, 0.3) is 5.09 Å². The standard InChI is InChI=1S/C37H46N2O13/c1-22(40)38-29(33(44)49-16-4-5-17-51-39(47)48)18-23-6-9-26(10-7-23)52-34(45)50-21-31(43)37(46)15-13-28-27-11-8-24-19-25(41)12-14-35(24,2)32(27)30(42)20-36(28,37)3/h6-10,12,14,27-30,32,42,46H,4-5,11,13,15-21H2,1-3H3,(H,38,40)/t27-,28-,29-,30-,32+,35-,36-,37-/m0/s1. The summed E-state index contributed by atoms with van der Waals surface area (Å²) < 4.78 is 15.6. The molecule has 1 aromatic rings. The summed E-state index contributed by atoms with van der Waals surface area (Å²) in [6, 6.07) is 5.02. The van der Waals surface area contributed by atoms with Crippen molar-refractivity contribution < 1.29 is 58.3 Å². The van der Waals surface area contributed by atoms with Crippen molar-refractivity contribution in [1.82, 2.24) is 5.32 Å². The van der Waals surface area contributed by atoms with E-state index in [1.807, 2.05) is 13.0 Å². The van der Waals surface area contributed by atoms with Gasteiger partial charge in [0.15, 0.2) is 12.4 Å². The molecule has 52 heavy (non-hydrogen) atoms. The van der Waals surface area contributed by atoms with E-state index in [0.29, 0.717) is 37.7 Å². The number of unbranched alkanes of at least 4 members (excludes halogenated alkanes) is 1. The molecule has 0 saturated heterocycles. The Bertz CT molecular complexity index is 1640. The molecular weight excluding hydrogens is 680 g/mol. The van der Waals surface area contributed by atoms with Gasteiger partial charge in [-0.25, -0.2) is 9.59 Å². The van der Waals surface area contributed by atoms with Gasteiger partial charge in [0.05, 0.1) is 19.3 Å². The number of benzene rings is 1. The Morgan fingerprint density at radius 1 is 1.10 bits per heavy atom. The number of carbonyl (C=O) groups is 5. The van der Waals surface area contributed by atoms with Gasteiger partial charge in [0.1, 0.15) is 17.4 Å². The molecule has 3 N–H and O–H groups in total. The number of nitrogens with zero attached hydrogens (tertiary/aromatic N) is 1. The Kier molecular flexibility index (Phi) is 11.5.